The number of hydrogen-bond donors (Lipinski definition) is 0. The molecule has 0 atom stereocenters. The maximum absolute atomic E-state index is 11.4. The summed E-state index contributed by atoms with van der Waals surface area (Å²) in [6.45, 7) is 2.23. The molecule has 0 aromatic carbocycles. The zero-order valence-electron chi connectivity index (χ0n) is 8.47. The predicted molar refractivity (Wildman–Crippen MR) is 52.2 cm³/mol. The molecule has 15 heavy (non-hydrogen) atoms. The Balaban J connectivity index is 2.46. The lowest BCUT2D eigenvalue weighted by Crippen LogP contribution is -2.13. The van der Waals surface area contributed by atoms with Crippen LogP contribution in [0.4, 0.5) is 0 Å². The van der Waals surface area contributed by atoms with Crippen LogP contribution in [0.2, 0.25) is 0 Å². The topological polar surface area (TPSA) is 69.2 Å². The molecule has 0 unspecified atom stereocenters. The van der Waals surface area contributed by atoms with Crippen LogP contribution in [0.25, 0.3) is 0 Å². The van der Waals surface area contributed by atoms with Gasteiger partial charge in [0.2, 0.25) is 0 Å². The maximum atomic E-state index is 11.4. The van der Waals surface area contributed by atoms with Gasteiger partial charge < -0.3 is 4.74 Å². The molecule has 0 bridgehead atoms. The van der Waals surface area contributed by atoms with Gasteiger partial charge in [-0.3, -0.25) is 14.6 Å². The van der Waals surface area contributed by atoms with Crippen molar-refractivity contribution >= 4 is 11.8 Å². The molecular weight excluding hydrogens is 196 g/mol. The highest BCUT2D eigenvalue weighted by Gasteiger charge is 2.13. The molecule has 0 saturated carbocycles. The molecule has 5 heteroatoms. The summed E-state index contributed by atoms with van der Waals surface area (Å²) in [5.74, 6) is -0.892. The first-order valence-electron chi connectivity index (χ1n) is 4.69. The monoisotopic (exact) mass is 208 g/mol. The molecule has 1 rings (SSSR count). The van der Waals surface area contributed by atoms with Gasteiger partial charge in [-0.1, -0.05) is 6.92 Å². The molecule has 0 saturated heterocycles. The van der Waals surface area contributed by atoms with Crippen LogP contribution in [0.3, 0.4) is 0 Å². The van der Waals surface area contributed by atoms with E-state index in [1.807, 2.05) is 6.92 Å². The molecule has 0 aliphatic carbocycles. The van der Waals surface area contributed by atoms with Gasteiger partial charge in [0.25, 0.3) is 0 Å². The Bertz CT molecular complexity index is 338. The minimum atomic E-state index is -0.521. The van der Waals surface area contributed by atoms with E-state index in [4.69, 9.17) is 4.74 Å². The van der Waals surface area contributed by atoms with Gasteiger partial charge in [-0.05, 0) is 6.42 Å². The zero-order valence-corrected chi connectivity index (χ0v) is 8.47. The summed E-state index contributed by atoms with van der Waals surface area (Å²) in [5.41, 5.74) is 0.186. The summed E-state index contributed by atoms with van der Waals surface area (Å²) >= 11 is 0. The van der Waals surface area contributed by atoms with E-state index < -0.39 is 5.97 Å². The lowest BCUT2D eigenvalue weighted by Gasteiger charge is -2.01. The lowest BCUT2D eigenvalue weighted by atomic mass is 10.2. The third kappa shape index (κ3) is 3.84. The van der Waals surface area contributed by atoms with E-state index in [2.05, 4.69) is 9.97 Å². The molecule has 80 valence electrons. The van der Waals surface area contributed by atoms with Crippen LogP contribution in [0, 0.1) is 0 Å². The highest BCUT2D eigenvalue weighted by Crippen LogP contribution is 1.99. The summed E-state index contributed by atoms with van der Waals surface area (Å²) in [4.78, 5) is 30.0. The molecule has 0 N–H and O–H groups in total. The SMILES string of the molecule is CCCOC(=O)CC(=O)c1cnccn1. The van der Waals surface area contributed by atoms with E-state index in [1.54, 1.807) is 0 Å². The van der Waals surface area contributed by atoms with Crippen molar-refractivity contribution in [2.75, 3.05) is 6.61 Å². The molecule has 0 aliphatic rings. The molecule has 5 nitrogen and oxygen atoms in total. The molecular formula is C10H12N2O3. The van der Waals surface area contributed by atoms with Crippen molar-refractivity contribution in [1.82, 2.24) is 9.97 Å². The van der Waals surface area contributed by atoms with Crippen LogP contribution in [0.5, 0.6) is 0 Å². The zero-order chi connectivity index (χ0) is 11.1. The molecule has 0 spiro atoms. The number of carbonyl (C=O) groups excluding carboxylic acids is 2. The minimum absolute atomic E-state index is 0.186. The Labute approximate surface area is 87.5 Å². The maximum Gasteiger partial charge on any atom is 0.313 e. The highest BCUT2D eigenvalue weighted by atomic mass is 16.5. The van der Waals surface area contributed by atoms with Gasteiger partial charge in [-0.25, -0.2) is 4.98 Å². The Morgan fingerprint density at radius 2 is 2.20 bits per heavy atom. The average Bonchev–Trinajstić information content (AvgIpc) is 2.27. The number of ether oxygens (including phenoxy) is 1. The van der Waals surface area contributed by atoms with Crippen LogP contribution >= 0.6 is 0 Å². The summed E-state index contributed by atoms with van der Waals surface area (Å²) in [6, 6.07) is 0. The average molecular weight is 208 g/mol. The van der Waals surface area contributed by atoms with Gasteiger partial charge in [-0.2, -0.15) is 0 Å². The van der Waals surface area contributed by atoms with Crippen LogP contribution in [-0.2, 0) is 9.53 Å². The normalized spacial score (nSPS) is 9.67. The van der Waals surface area contributed by atoms with Crippen molar-refractivity contribution in [3.05, 3.63) is 24.3 Å². The van der Waals surface area contributed by atoms with Crippen molar-refractivity contribution in [2.45, 2.75) is 19.8 Å². The van der Waals surface area contributed by atoms with Crippen molar-refractivity contribution in [2.24, 2.45) is 0 Å². The third-order valence-electron chi connectivity index (χ3n) is 1.62. The number of ketones is 1. The molecule has 1 heterocycles. The fourth-order valence-corrected chi connectivity index (χ4v) is 0.932. The Hall–Kier alpha value is -1.78. The minimum Gasteiger partial charge on any atom is -0.465 e. The number of nitrogens with zero attached hydrogens (tertiary/aromatic N) is 2. The summed E-state index contributed by atoms with van der Waals surface area (Å²) in [6.07, 6.45) is 4.66. The largest absolute Gasteiger partial charge is 0.465 e. The highest BCUT2D eigenvalue weighted by molar-refractivity contribution is 6.04. The van der Waals surface area contributed by atoms with E-state index in [9.17, 15) is 9.59 Å². The number of carbonyl (C=O) groups is 2. The van der Waals surface area contributed by atoms with E-state index in [-0.39, 0.29) is 17.9 Å². The van der Waals surface area contributed by atoms with Crippen LogP contribution in [0.1, 0.15) is 30.3 Å². The summed E-state index contributed by atoms with van der Waals surface area (Å²) in [7, 11) is 0. The van der Waals surface area contributed by atoms with E-state index in [0.29, 0.717) is 6.61 Å². The Kier molecular flexibility index (Phi) is 4.40. The quantitative estimate of drug-likeness (QED) is 0.410. The van der Waals surface area contributed by atoms with E-state index in [1.165, 1.54) is 18.6 Å². The van der Waals surface area contributed by atoms with E-state index >= 15 is 0 Å². The molecule has 0 radical (unpaired) electrons. The van der Waals surface area contributed by atoms with Gasteiger partial charge in [0, 0.05) is 12.4 Å². The second kappa shape index (κ2) is 5.85. The fraction of sp³-hybridized carbons (Fsp3) is 0.400. The molecule has 1 aromatic heterocycles. The predicted octanol–water partition coefficient (Wildman–Crippen LogP) is 1.00. The number of rotatable bonds is 5. The summed E-state index contributed by atoms with van der Waals surface area (Å²) < 4.78 is 4.78. The third-order valence-corrected chi connectivity index (χ3v) is 1.62. The standard InChI is InChI=1S/C10H12N2O3/c1-2-5-15-10(14)6-9(13)8-7-11-3-4-12-8/h3-4,7H,2,5-6H2,1H3. The fourth-order valence-electron chi connectivity index (χ4n) is 0.932. The Morgan fingerprint density at radius 3 is 2.80 bits per heavy atom. The first kappa shape index (κ1) is 11.3. The van der Waals surface area contributed by atoms with Crippen LogP contribution in [-0.4, -0.2) is 28.3 Å². The number of hydrogen-bond acceptors (Lipinski definition) is 5. The van der Waals surface area contributed by atoms with Gasteiger partial charge in [-0.15, -0.1) is 0 Å². The number of aromatic nitrogens is 2. The van der Waals surface area contributed by atoms with Crippen molar-refractivity contribution in [1.29, 1.82) is 0 Å². The van der Waals surface area contributed by atoms with Gasteiger partial charge >= 0.3 is 5.97 Å². The molecule has 0 fully saturated rings. The van der Waals surface area contributed by atoms with Crippen molar-refractivity contribution in [3.63, 3.8) is 0 Å². The lowest BCUT2D eigenvalue weighted by molar-refractivity contribution is -0.142. The molecule has 0 amide bonds. The van der Waals surface area contributed by atoms with Crippen molar-refractivity contribution in [3.8, 4) is 0 Å². The van der Waals surface area contributed by atoms with Gasteiger partial charge in [0.15, 0.2) is 5.78 Å². The molecule has 1 aromatic rings. The summed E-state index contributed by atoms with van der Waals surface area (Å²) in [5, 5.41) is 0. The van der Waals surface area contributed by atoms with Gasteiger partial charge in [0.1, 0.15) is 12.1 Å². The second-order valence-corrected chi connectivity index (χ2v) is 2.91. The Morgan fingerprint density at radius 1 is 1.40 bits per heavy atom. The number of esters is 1. The smallest absolute Gasteiger partial charge is 0.313 e. The van der Waals surface area contributed by atoms with Gasteiger partial charge in [0.05, 0.1) is 12.8 Å². The molecule has 0 aliphatic heterocycles. The van der Waals surface area contributed by atoms with Crippen LogP contribution < -0.4 is 0 Å². The number of Topliss-reactive ketones (excluding diaryl/α,β-unsaturated/α-hetero) is 1. The van der Waals surface area contributed by atoms with Crippen LogP contribution in [0.15, 0.2) is 18.6 Å². The van der Waals surface area contributed by atoms with E-state index in [0.717, 1.165) is 6.42 Å². The second-order valence-electron chi connectivity index (χ2n) is 2.91. The van der Waals surface area contributed by atoms with Crippen molar-refractivity contribution < 1.29 is 14.3 Å². The first-order valence-corrected chi connectivity index (χ1v) is 4.69. The first-order chi connectivity index (χ1) is 7.24.